The van der Waals surface area contributed by atoms with Crippen molar-refractivity contribution in [3.05, 3.63) is 76.2 Å². The highest BCUT2D eigenvalue weighted by Crippen LogP contribution is 2.38. The van der Waals surface area contributed by atoms with Crippen molar-refractivity contribution in [2.75, 3.05) is 11.4 Å². The number of hydrogen-bond acceptors (Lipinski definition) is 6. The van der Waals surface area contributed by atoms with E-state index >= 15 is 0 Å². The first kappa shape index (κ1) is 23.7. The number of anilines is 1. The Labute approximate surface area is 199 Å². The number of benzene rings is 1. The minimum absolute atomic E-state index is 0.134. The van der Waals surface area contributed by atoms with E-state index in [1.165, 1.54) is 12.3 Å². The molecule has 1 atom stereocenters. The maximum absolute atomic E-state index is 13.2. The molecule has 8 nitrogen and oxygen atoms in total. The molecule has 2 N–H and O–H groups in total. The van der Waals surface area contributed by atoms with Gasteiger partial charge in [-0.3, -0.25) is 9.59 Å². The van der Waals surface area contributed by atoms with Gasteiger partial charge in [0.25, 0.3) is 21.5 Å². The zero-order chi connectivity index (χ0) is 24.7. The van der Waals surface area contributed by atoms with Crippen molar-refractivity contribution < 1.29 is 13.2 Å². The van der Waals surface area contributed by atoms with Crippen LogP contribution in [0, 0.1) is 12.8 Å². The molecule has 0 bridgehead atoms. The fourth-order valence-corrected chi connectivity index (χ4v) is 5.63. The van der Waals surface area contributed by atoms with E-state index in [1.54, 1.807) is 12.1 Å². The highest BCUT2D eigenvalue weighted by molar-refractivity contribution is 7.90. The summed E-state index contributed by atoms with van der Waals surface area (Å²) in [5.41, 5.74) is 1.73. The Hall–Kier alpha value is -3.46. The second-order valence-electron chi connectivity index (χ2n) is 9.47. The monoisotopic (exact) mass is 480 g/mol. The van der Waals surface area contributed by atoms with Crippen molar-refractivity contribution in [1.82, 2.24) is 14.7 Å². The summed E-state index contributed by atoms with van der Waals surface area (Å²) in [5.74, 6) is -0.0399. The second kappa shape index (κ2) is 8.72. The van der Waals surface area contributed by atoms with Gasteiger partial charge in [0.1, 0.15) is 5.82 Å². The Balaban J connectivity index is 1.79. The number of aromatic amines is 1. The molecule has 1 aliphatic heterocycles. The Morgan fingerprint density at radius 2 is 1.94 bits per heavy atom. The SMILES string of the molecule is Cc1cccc(-c2ccc(C(=O)NS(=O)(=O)c3ccc[nH]c3=O)c(N3C[C@@H](C)CC3(C)C)n2)c1. The number of pyridine rings is 2. The number of carbonyl (C=O) groups excluding carboxylic acids is 1. The molecule has 0 spiro atoms. The topological polar surface area (TPSA) is 112 Å². The van der Waals surface area contributed by atoms with Crippen molar-refractivity contribution in [2.45, 2.75) is 44.6 Å². The van der Waals surface area contributed by atoms with E-state index in [-0.39, 0.29) is 11.1 Å². The fraction of sp³-hybridized carbons (Fsp3) is 0.320. The number of amides is 1. The number of nitrogens with one attached hydrogen (secondary N) is 2. The first-order valence-electron chi connectivity index (χ1n) is 11.1. The van der Waals surface area contributed by atoms with Crippen LogP contribution in [0.1, 0.15) is 43.1 Å². The van der Waals surface area contributed by atoms with Crippen molar-refractivity contribution in [3.63, 3.8) is 0 Å². The molecule has 1 fully saturated rings. The Bertz CT molecular complexity index is 1410. The van der Waals surface area contributed by atoms with E-state index in [2.05, 4.69) is 30.7 Å². The number of hydrogen-bond donors (Lipinski definition) is 2. The summed E-state index contributed by atoms with van der Waals surface area (Å²) in [5, 5.41) is 0. The molecule has 9 heteroatoms. The summed E-state index contributed by atoms with van der Waals surface area (Å²) < 4.78 is 27.6. The molecule has 3 aromatic rings. The molecule has 0 radical (unpaired) electrons. The molecule has 1 aliphatic rings. The van der Waals surface area contributed by atoms with Crippen LogP contribution in [0.2, 0.25) is 0 Å². The smallest absolute Gasteiger partial charge is 0.269 e. The first-order valence-corrected chi connectivity index (χ1v) is 12.6. The van der Waals surface area contributed by atoms with E-state index in [0.29, 0.717) is 24.0 Å². The van der Waals surface area contributed by atoms with Gasteiger partial charge < -0.3 is 9.88 Å². The number of nitrogens with zero attached hydrogens (tertiary/aromatic N) is 2. The molecule has 34 heavy (non-hydrogen) atoms. The summed E-state index contributed by atoms with van der Waals surface area (Å²) >= 11 is 0. The predicted molar refractivity (Wildman–Crippen MR) is 131 cm³/mol. The van der Waals surface area contributed by atoms with Gasteiger partial charge in [0.05, 0.1) is 11.3 Å². The van der Waals surface area contributed by atoms with E-state index in [1.807, 2.05) is 35.9 Å². The second-order valence-corrected chi connectivity index (χ2v) is 11.1. The number of sulfonamides is 1. The molecule has 178 valence electrons. The molecule has 1 amide bonds. The highest BCUT2D eigenvalue weighted by Gasteiger charge is 2.39. The number of H-pyrrole nitrogens is 1. The lowest BCUT2D eigenvalue weighted by Gasteiger charge is -2.34. The third-order valence-electron chi connectivity index (χ3n) is 6.06. The van der Waals surface area contributed by atoms with Crippen LogP contribution in [0.5, 0.6) is 0 Å². The fourth-order valence-electron chi connectivity index (χ4n) is 4.61. The molecule has 0 aliphatic carbocycles. The predicted octanol–water partition coefficient (Wildman–Crippen LogP) is 3.49. The van der Waals surface area contributed by atoms with Crippen molar-refractivity contribution >= 4 is 21.7 Å². The summed E-state index contributed by atoms with van der Waals surface area (Å²) in [6, 6.07) is 13.7. The Morgan fingerprint density at radius 3 is 2.59 bits per heavy atom. The quantitative estimate of drug-likeness (QED) is 0.578. The number of aromatic nitrogens is 2. The lowest BCUT2D eigenvalue weighted by molar-refractivity contribution is 0.0981. The summed E-state index contributed by atoms with van der Waals surface area (Å²) in [6.45, 7) is 8.98. The van der Waals surface area contributed by atoms with Crippen LogP contribution >= 0.6 is 0 Å². The normalized spacial score (nSPS) is 17.5. The van der Waals surface area contributed by atoms with E-state index in [0.717, 1.165) is 23.6 Å². The molecule has 1 aromatic carbocycles. The molecular formula is C25H28N4O4S. The molecule has 1 saturated heterocycles. The largest absolute Gasteiger partial charge is 0.351 e. The Kier molecular flexibility index (Phi) is 6.07. The van der Waals surface area contributed by atoms with Crippen LogP contribution in [-0.4, -0.2) is 36.4 Å². The van der Waals surface area contributed by atoms with Crippen molar-refractivity contribution in [2.24, 2.45) is 5.92 Å². The van der Waals surface area contributed by atoms with Gasteiger partial charge in [-0.15, -0.1) is 0 Å². The van der Waals surface area contributed by atoms with Gasteiger partial charge in [-0.25, -0.2) is 18.1 Å². The molecule has 2 aromatic heterocycles. The van der Waals surface area contributed by atoms with Gasteiger partial charge >= 0.3 is 0 Å². The lowest BCUT2D eigenvalue weighted by atomic mass is 9.97. The van der Waals surface area contributed by atoms with Gasteiger partial charge in [0.15, 0.2) is 4.90 Å². The van der Waals surface area contributed by atoms with Crippen LogP contribution < -0.4 is 15.2 Å². The number of rotatable bonds is 5. The maximum Gasteiger partial charge on any atom is 0.269 e. The van der Waals surface area contributed by atoms with Crippen LogP contribution in [-0.2, 0) is 10.0 Å². The van der Waals surface area contributed by atoms with Gasteiger partial charge in [-0.05, 0) is 63.4 Å². The zero-order valence-corrected chi connectivity index (χ0v) is 20.4. The zero-order valence-electron chi connectivity index (χ0n) is 19.6. The summed E-state index contributed by atoms with van der Waals surface area (Å²) in [6.07, 6.45) is 2.23. The van der Waals surface area contributed by atoms with Crippen LogP contribution in [0.15, 0.2) is 64.4 Å². The standard InChI is InChI=1S/C25H28N4O4S/c1-16-7-5-8-18(13-16)20-11-10-19(22(27-20)29-15-17(2)14-25(29,3)4)23(30)28-34(32,33)21-9-6-12-26-24(21)31/h5-13,17H,14-15H2,1-4H3,(H,26,31)(H,28,30)/t17-/m0/s1. The molecular weight excluding hydrogens is 452 g/mol. The van der Waals surface area contributed by atoms with Gasteiger partial charge in [0.2, 0.25) is 0 Å². The first-order chi connectivity index (χ1) is 16.0. The highest BCUT2D eigenvalue weighted by atomic mass is 32.2. The third kappa shape index (κ3) is 4.61. The minimum Gasteiger partial charge on any atom is -0.351 e. The minimum atomic E-state index is -4.38. The van der Waals surface area contributed by atoms with Gasteiger partial charge in [-0.1, -0.05) is 30.7 Å². The van der Waals surface area contributed by atoms with Crippen LogP contribution in [0.3, 0.4) is 0 Å². The summed E-state index contributed by atoms with van der Waals surface area (Å²) in [4.78, 5) is 33.9. The number of aryl methyl sites for hydroxylation is 1. The number of carbonyl (C=O) groups is 1. The van der Waals surface area contributed by atoms with E-state index in [4.69, 9.17) is 4.98 Å². The van der Waals surface area contributed by atoms with Crippen LogP contribution in [0.25, 0.3) is 11.3 Å². The Morgan fingerprint density at radius 1 is 1.18 bits per heavy atom. The lowest BCUT2D eigenvalue weighted by Crippen LogP contribution is -2.41. The molecule has 0 saturated carbocycles. The van der Waals surface area contributed by atoms with Crippen molar-refractivity contribution in [3.8, 4) is 11.3 Å². The molecule has 4 rings (SSSR count). The van der Waals surface area contributed by atoms with E-state index < -0.39 is 26.4 Å². The molecule has 3 heterocycles. The van der Waals surface area contributed by atoms with Gasteiger partial charge in [0, 0.05) is 23.8 Å². The van der Waals surface area contributed by atoms with Gasteiger partial charge in [-0.2, -0.15) is 0 Å². The van der Waals surface area contributed by atoms with Crippen LogP contribution in [0.4, 0.5) is 5.82 Å². The average molecular weight is 481 g/mol. The third-order valence-corrected chi connectivity index (χ3v) is 7.42. The molecule has 0 unspecified atom stereocenters. The summed E-state index contributed by atoms with van der Waals surface area (Å²) in [7, 11) is -4.38. The van der Waals surface area contributed by atoms with E-state index in [9.17, 15) is 18.0 Å². The van der Waals surface area contributed by atoms with Crippen molar-refractivity contribution in [1.29, 1.82) is 0 Å². The maximum atomic E-state index is 13.2. The average Bonchev–Trinajstić information content (AvgIpc) is 3.04.